The number of carbonyl (C=O) groups is 1. The van der Waals surface area contributed by atoms with Crippen molar-refractivity contribution in [1.29, 1.82) is 0 Å². The molecule has 114 valence electrons. The largest absolute Gasteiger partial charge is 0.475 e. The second-order valence-electron chi connectivity index (χ2n) is 5.04. The van der Waals surface area contributed by atoms with E-state index in [2.05, 4.69) is 0 Å². The molecule has 0 aliphatic heterocycles. The Kier molecular flexibility index (Phi) is 4.79. The number of carbonyl (C=O) groups excluding carboxylic acids is 1. The van der Waals surface area contributed by atoms with Crippen molar-refractivity contribution in [2.24, 2.45) is 0 Å². The zero-order valence-corrected chi connectivity index (χ0v) is 11.7. The average molecular weight is 298 g/mol. The number of nitrogens with zero attached hydrogens (tertiary/aromatic N) is 2. The van der Waals surface area contributed by atoms with Crippen LogP contribution >= 0.6 is 0 Å². The summed E-state index contributed by atoms with van der Waals surface area (Å²) in [6.45, 7) is 4.47. The van der Waals surface area contributed by atoms with E-state index in [1.807, 2.05) is 0 Å². The first-order chi connectivity index (χ1) is 9.60. The molecule has 0 aliphatic carbocycles. The first kappa shape index (κ1) is 16.3. The van der Waals surface area contributed by atoms with Gasteiger partial charge in [-0.15, -0.1) is 0 Å². The highest BCUT2D eigenvalue weighted by Crippen LogP contribution is 2.30. The van der Waals surface area contributed by atoms with Crippen molar-refractivity contribution in [2.75, 3.05) is 6.61 Å². The van der Waals surface area contributed by atoms with E-state index in [1.165, 1.54) is 0 Å². The summed E-state index contributed by atoms with van der Waals surface area (Å²) < 4.78 is 9.98. The van der Waals surface area contributed by atoms with Crippen molar-refractivity contribution >= 4 is 17.3 Å². The van der Waals surface area contributed by atoms with Gasteiger partial charge in [0, 0.05) is 6.07 Å². The molecule has 0 saturated carbocycles. The molecule has 0 bridgehead atoms. The van der Waals surface area contributed by atoms with Gasteiger partial charge < -0.3 is 9.47 Å². The summed E-state index contributed by atoms with van der Waals surface area (Å²) in [4.78, 5) is 31.3. The molecule has 1 aromatic carbocycles. The summed E-state index contributed by atoms with van der Waals surface area (Å²) in [6, 6.07) is 2.89. The highest BCUT2D eigenvalue weighted by atomic mass is 16.6. The van der Waals surface area contributed by atoms with Gasteiger partial charge in [-0.1, -0.05) is 0 Å². The molecule has 9 nitrogen and oxygen atoms in total. The minimum absolute atomic E-state index is 0.239. The van der Waals surface area contributed by atoms with E-state index in [-0.39, 0.29) is 5.75 Å². The Morgan fingerprint density at radius 3 is 2.29 bits per heavy atom. The third-order valence-corrected chi connectivity index (χ3v) is 2.12. The minimum atomic E-state index is -0.822. The van der Waals surface area contributed by atoms with Crippen LogP contribution in [-0.2, 0) is 9.53 Å². The Hall–Kier alpha value is -2.71. The summed E-state index contributed by atoms with van der Waals surface area (Å²) >= 11 is 0. The number of rotatable bonds is 5. The van der Waals surface area contributed by atoms with Gasteiger partial charge >= 0.3 is 11.7 Å². The van der Waals surface area contributed by atoms with Crippen molar-refractivity contribution in [3.63, 3.8) is 0 Å². The molecule has 0 unspecified atom stereocenters. The van der Waals surface area contributed by atoms with E-state index in [9.17, 15) is 25.0 Å². The molecular weight excluding hydrogens is 284 g/mol. The molecule has 0 aromatic heterocycles. The van der Waals surface area contributed by atoms with Crippen molar-refractivity contribution in [3.05, 3.63) is 38.4 Å². The van der Waals surface area contributed by atoms with Gasteiger partial charge in [0.05, 0.1) is 15.9 Å². The third-order valence-electron chi connectivity index (χ3n) is 2.12. The first-order valence-electron chi connectivity index (χ1n) is 5.87. The number of non-ortho nitro benzene ring substituents is 1. The van der Waals surface area contributed by atoms with Crippen LogP contribution in [0.5, 0.6) is 5.75 Å². The Bertz CT molecular complexity index is 577. The SMILES string of the molecule is CC(C)(C)OC(=O)COc1ccc([N+](=O)[O-])cc1[N+](=O)[O-]. The van der Waals surface area contributed by atoms with Gasteiger partial charge in [0.1, 0.15) is 5.60 Å². The lowest BCUT2D eigenvalue weighted by Gasteiger charge is -2.19. The zero-order chi connectivity index (χ0) is 16.2. The van der Waals surface area contributed by atoms with Crippen LogP contribution in [0.2, 0.25) is 0 Å². The van der Waals surface area contributed by atoms with E-state index in [0.717, 1.165) is 18.2 Å². The van der Waals surface area contributed by atoms with Crippen molar-refractivity contribution < 1.29 is 24.1 Å². The Labute approximate surface area is 119 Å². The average Bonchev–Trinajstić information content (AvgIpc) is 2.33. The van der Waals surface area contributed by atoms with Crippen LogP contribution in [0.1, 0.15) is 20.8 Å². The molecule has 9 heteroatoms. The monoisotopic (exact) mass is 298 g/mol. The number of ether oxygens (including phenoxy) is 2. The lowest BCUT2D eigenvalue weighted by atomic mass is 10.2. The Morgan fingerprint density at radius 1 is 1.19 bits per heavy atom. The molecule has 0 amide bonds. The second-order valence-corrected chi connectivity index (χ2v) is 5.04. The van der Waals surface area contributed by atoms with Crippen LogP contribution in [-0.4, -0.2) is 28.0 Å². The lowest BCUT2D eigenvalue weighted by molar-refractivity contribution is -0.394. The van der Waals surface area contributed by atoms with E-state index >= 15 is 0 Å². The van der Waals surface area contributed by atoms with Gasteiger partial charge in [0.15, 0.2) is 12.4 Å². The fraction of sp³-hybridized carbons (Fsp3) is 0.417. The molecule has 0 fully saturated rings. The fourth-order valence-corrected chi connectivity index (χ4v) is 1.39. The molecule has 0 atom stereocenters. The van der Waals surface area contributed by atoms with Gasteiger partial charge in [-0.25, -0.2) is 4.79 Å². The van der Waals surface area contributed by atoms with E-state index in [1.54, 1.807) is 20.8 Å². The molecule has 0 saturated heterocycles. The summed E-state index contributed by atoms with van der Waals surface area (Å²) in [5.74, 6) is -0.938. The van der Waals surface area contributed by atoms with Gasteiger partial charge in [0.2, 0.25) is 0 Å². The van der Waals surface area contributed by atoms with Gasteiger partial charge in [-0.3, -0.25) is 20.2 Å². The van der Waals surface area contributed by atoms with E-state index in [4.69, 9.17) is 9.47 Å². The van der Waals surface area contributed by atoms with Crippen molar-refractivity contribution in [2.45, 2.75) is 26.4 Å². The highest BCUT2D eigenvalue weighted by Gasteiger charge is 2.22. The molecule has 21 heavy (non-hydrogen) atoms. The topological polar surface area (TPSA) is 122 Å². The quantitative estimate of drug-likeness (QED) is 0.464. The normalized spacial score (nSPS) is 10.8. The van der Waals surface area contributed by atoms with E-state index in [0.29, 0.717) is 0 Å². The molecule has 0 spiro atoms. The predicted molar refractivity (Wildman–Crippen MR) is 71.1 cm³/mol. The van der Waals surface area contributed by atoms with Crippen molar-refractivity contribution in [3.8, 4) is 5.75 Å². The number of nitro benzene ring substituents is 2. The van der Waals surface area contributed by atoms with Gasteiger partial charge in [-0.2, -0.15) is 0 Å². The van der Waals surface area contributed by atoms with Crippen LogP contribution < -0.4 is 4.74 Å². The standard InChI is InChI=1S/C12H14N2O7/c1-12(2,3)21-11(15)7-20-10-5-4-8(13(16)17)6-9(10)14(18)19/h4-6H,7H2,1-3H3. The molecule has 0 radical (unpaired) electrons. The maximum atomic E-state index is 11.5. The lowest BCUT2D eigenvalue weighted by Crippen LogP contribution is -2.27. The fourth-order valence-electron chi connectivity index (χ4n) is 1.39. The third kappa shape index (κ3) is 5.05. The second kappa shape index (κ2) is 6.16. The van der Waals surface area contributed by atoms with Gasteiger partial charge in [0.25, 0.3) is 5.69 Å². The molecular formula is C12H14N2O7. The summed E-state index contributed by atoms with van der Waals surface area (Å²) in [5, 5.41) is 21.4. The summed E-state index contributed by atoms with van der Waals surface area (Å²) in [7, 11) is 0. The van der Waals surface area contributed by atoms with Crippen LogP contribution in [0.15, 0.2) is 18.2 Å². The van der Waals surface area contributed by atoms with E-state index < -0.39 is 39.4 Å². The predicted octanol–water partition coefficient (Wildman–Crippen LogP) is 2.22. The molecule has 0 aliphatic rings. The maximum absolute atomic E-state index is 11.5. The van der Waals surface area contributed by atoms with Gasteiger partial charge in [-0.05, 0) is 26.8 Å². The minimum Gasteiger partial charge on any atom is -0.475 e. The molecule has 0 N–H and O–H groups in total. The Morgan fingerprint density at radius 2 is 1.81 bits per heavy atom. The number of benzene rings is 1. The highest BCUT2D eigenvalue weighted by molar-refractivity contribution is 5.72. The zero-order valence-electron chi connectivity index (χ0n) is 11.7. The summed E-state index contributed by atoms with van der Waals surface area (Å²) in [6.07, 6.45) is 0. The number of nitro groups is 2. The first-order valence-corrected chi connectivity index (χ1v) is 5.87. The summed E-state index contributed by atoms with van der Waals surface area (Å²) in [5.41, 5.74) is -1.74. The Balaban J connectivity index is 2.86. The van der Waals surface area contributed by atoms with Crippen LogP contribution in [0.3, 0.4) is 0 Å². The van der Waals surface area contributed by atoms with Crippen molar-refractivity contribution in [1.82, 2.24) is 0 Å². The molecule has 0 heterocycles. The number of esters is 1. The number of hydrogen-bond donors (Lipinski definition) is 0. The van der Waals surface area contributed by atoms with Crippen LogP contribution in [0.4, 0.5) is 11.4 Å². The maximum Gasteiger partial charge on any atom is 0.344 e. The molecule has 1 rings (SSSR count). The smallest absolute Gasteiger partial charge is 0.344 e. The number of hydrogen-bond acceptors (Lipinski definition) is 7. The molecule has 1 aromatic rings. The van der Waals surface area contributed by atoms with Crippen LogP contribution in [0, 0.1) is 20.2 Å². The van der Waals surface area contributed by atoms with Crippen LogP contribution in [0.25, 0.3) is 0 Å².